The standard InChI is InChI=1S/C16H25NO2/c1-12-5-6-16(13(2)9-12)18-8-7-17-10-14(3)19-15(4)11-17/h5-6,9,14-15H,7-8,10-11H2,1-4H3/t14-,15-/m1/s1. The highest BCUT2D eigenvalue weighted by atomic mass is 16.5. The molecular weight excluding hydrogens is 238 g/mol. The van der Waals surface area contributed by atoms with Crippen LogP contribution >= 0.6 is 0 Å². The summed E-state index contributed by atoms with van der Waals surface area (Å²) in [5.74, 6) is 1.000. The Balaban J connectivity index is 1.80. The van der Waals surface area contributed by atoms with Crippen molar-refractivity contribution in [2.24, 2.45) is 0 Å². The zero-order valence-electron chi connectivity index (χ0n) is 12.5. The van der Waals surface area contributed by atoms with Crippen molar-refractivity contribution in [2.45, 2.75) is 39.9 Å². The maximum absolute atomic E-state index is 5.88. The van der Waals surface area contributed by atoms with E-state index < -0.39 is 0 Å². The maximum Gasteiger partial charge on any atom is 0.122 e. The Morgan fingerprint density at radius 2 is 1.89 bits per heavy atom. The summed E-state index contributed by atoms with van der Waals surface area (Å²) in [7, 11) is 0. The fourth-order valence-corrected chi connectivity index (χ4v) is 2.71. The molecule has 0 spiro atoms. The molecule has 2 atom stereocenters. The van der Waals surface area contributed by atoms with Gasteiger partial charge in [0.25, 0.3) is 0 Å². The van der Waals surface area contributed by atoms with Crippen molar-refractivity contribution in [1.82, 2.24) is 4.90 Å². The third-order valence-electron chi connectivity index (χ3n) is 3.49. The SMILES string of the molecule is Cc1ccc(OCCN2C[C@@H](C)O[C@H](C)C2)c(C)c1. The average Bonchev–Trinajstić information content (AvgIpc) is 2.30. The molecule has 1 aliphatic heterocycles. The van der Waals surface area contributed by atoms with Crippen molar-refractivity contribution >= 4 is 0 Å². The molecule has 3 heteroatoms. The molecule has 0 bridgehead atoms. The summed E-state index contributed by atoms with van der Waals surface area (Å²) in [5.41, 5.74) is 2.49. The van der Waals surface area contributed by atoms with Gasteiger partial charge in [0.05, 0.1) is 12.2 Å². The van der Waals surface area contributed by atoms with Gasteiger partial charge >= 0.3 is 0 Å². The molecule has 0 aliphatic carbocycles. The molecule has 1 fully saturated rings. The summed E-state index contributed by atoms with van der Waals surface area (Å²) in [6.45, 7) is 12.2. The topological polar surface area (TPSA) is 21.7 Å². The number of morpholine rings is 1. The summed E-state index contributed by atoms with van der Waals surface area (Å²) in [6, 6.07) is 6.32. The molecule has 1 heterocycles. The van der Waals surface area contributed by atoms with Gasteiger partial charge in [-0.1, -0.05) is 17.7 Å². The highest BCUT2D eigenvalue weighted by Crippen LogP contribution is 2.18. The van der Waals surface area contributed by atoms with Crippen molar-refractivity contribution in [3.63, 3.8) is 0 Å². The van der Waals surface area contributed by atoms with Crippen LogP contribution in [0.25, 0.3) is 0 Å². The Labute approximate surface area is 116 Å². The second-order valence-electron chi connectivity index (χ2n) is 5.63. The number of nitrogens with zero attached hydrogens (tertiary/aromatic N) is 1. The van der Waals surface area contributed by atoms with Crippen LogP contribution in [0.2, 0.25) is 0 Å². The molecule has 3 nitrogen and oxygen atoms in total. The van der Waals surface area contributed by atoms with E-state index in [-0.39, 0.29) is 0 Å². The predicted octanol–water partition coefficient (Wildman–Crippen LogP) is 2.79. The number of benzene rings is 1. The van der Waals surface area contributed by atoms with E-state index >= 15 is 0 Å². The van der Waals surface area contributed by atoms with Crippen LogP contribution in [0.3, 0.4) is 0 Å². The molecule has 1 aromatic carbocycles. The number of aryl methyl sites for hydroxylation is 2. The van der Waals surface area contributed by atoms with Crippen LogP contribution in [0, 0.1) is 13.8 Å². The van der Waals surface area contributed by atoms with Crippen molar-refractivity contribution in [1.29, 1.82) is 0 Å². The lowest BCUT2D eigenvalue weighted by Crippen LogP contribution is -2.46. The molecule has 0 amide bonds. The van der Waals surface area contributed by atoms with Crippen molar-refractivity contribution in [3.8, 4) is 5.75 Å². The normalized spacial score (nSPS) is 24.4. The summed E-state index contributed by atoms with van der Waals surface area (Å²) in [4.78, 5) is 2.42. The molecule has 0 unspecified atom stereocenters. The number of hydrogen-bond acceptors (Lipinski definition) is 3. The summed E-state index contributed by atoms with van der Waals surface area (Å²) >= 11 is 0. The van der Waals surface area contributed by atoms with Crippen molar-refractivity contribution < 1.29 is 9.47 Å². The minimum Gasteiger partial charge on any atom is -0.492 e. The average molecular weight is 263 g/mol. The number of rotatable bonds is 4. The first-order valence-corrected chi connectivity index (χ1v) is 7.12. The first-order chi connectivity index (χ1) is 9.04. The minimum atomic E-state index is 0.324. The van der Waals surface area contributed by atoms with E-state index in [9.17, 15) is 0 Å². The molecule has 1 saturated heterocycles. The second-order valence-corrected chi connectivity index (χ2v) is 5.63. The molecule has 19 heavy (non-hydrogen) atoms. The largest absolute Gasteiger partial charge is 0.492 e. The van der Waals surface area contributed by atoms with Crippen molar-refractivity contribution in [2.75, 3.05) is 26.2 Å². The van der Waals surface area contributed by atoms with Crippen LogP contribution in [0.1, 0.15) is 25.0 Å². The Morgan fingerprint density at radius 1 is 1.21 bits per heavy atom. The number of ether oxygens (including phenoxy) is 2. The smallest absolute Gasteiger partial charge is 0.122 e. The van der Waals surface area contributed by atoms with E-state index in [4.69, 9.17) is 9.47 Å². The molecular formula is C16H25NO2. The summed E-state index contributed by atoms with van der Waals surface area (Å²) < 4.78 is 11.6. The zero-order chi connectivity index (χ0) is 13.8. The second kappa shape index (κ2) is 6.40. The Bertz CT molecular complexity index is 409. The van der Waals surface area contributed by atoms with Gasteiger partial charge in [-0.05, 0) is 39.3 Å². The third kappa shape index (κ3) is 4.22. The van der Waals surface area contributed by atoms with Gasteiger partial charge in [0.1, 0.15) is 12.4 Å². The highest BCUT2D eigenvalue weighted by molar-refractivity contribution is 5.35. The van der Waals surface area contributed by atoms with Crippen LogP contribution in [-0.4, -0.2) is 43.3 Å². The molecule has 2 rings (SSSR count). The van der Waals surface area contributed by atoms with E-state index in [0.717, 1.165) is 32.0 Å². The Kier molecular flexibility index (Phi) is 4.83. The summed E-state index contributed by atoms with van der Waals surface area (Å²) in [5, 5.41) is 0. The van der Waals surface area contributed by atoms with Gasteiger partial charge in [-0.2, -0.15) is 0 Å². The van der Waals surface area contributed by atoms with E-state index in [1.165, 1.54) is 11.1 Å². The first-order valence-electron chi connectivity index (χ1n) is 7.12. The monoisotopic (exact) mass is 263 g/mol. The molecule has 106 valence electrons. The molecule has 0 radical (unpaired) electrons. The maximum atomic E-state index is 5.88. The van der Waals surface area contributed by atoms with Gasteiger partial charge < -0.3 is 9.47 Å². The van der Waals surface area contributed by atoms with E-state index in [0.29, 0.717) is 12.2 Å². The van der Waals surface area contributed by atoms with Crippen LogP contribution in [0.4, 0.5) is 0 Å². The minimum absolute atomic E-state index is 0.324. The highest BCUT2D eigenvalue weighted by Gasteiger charge is 2.21. The Hall–Kier alpha value is -1.06. The fraction of sp³-hybridized carbons (Fsp3) is 0.625. The molecule has 1 aromatic rings. The van der Waals surface area contributed by atoms with Gasteiger partial charge in [0.2, 0.25) is 0 Å². The van der Waals surface area contributed by atoms with Gasteiger partial charge in [0, 0.05) is 19.6 Å². The van der Waals surface area contributed by atoms with Gasteiger partial charge in [-0.3, -0.25) is 4.90 Å². The molecule has 0 N–H and O–H groups in total. The lowest BCUT2D eigenvalue weighted by atomic mass is 10.1. The van der Waals surface area contributed by atoms with Gasteiger partial charge in [-0.15, -0.1) is 0 Å². The first kappa shape index (κ1) is 14.4. The van der Waals surface area contributed by atoms with Gasteiger partial charge in [0.15, 0.2) is 0 Å². The van der Waals surface area contributed by atoms with Crippen LogP contribution in [0.5, 0.6) is 5.75 Å². The predicted molar refractivity (Wildman–Crippen MR) is 77.9 cm³/mol. The van der Waals surface area contributed by atoms with E-state index in [1.54, 1.807) is 0 Å². The number of hydrogen-bond donors (Lipinski definition) is 0. The van der Waals surface area contributed by atoms with Crippen LogP contribution in [-0.2, 0) is 4.74 Å². The molecule has 0 aromatic heterocycles. The van der Waals surface area contributed by atoms with Crippen molar-refractivity contribution in [3.05, 3.63) is 29.3 Å². The van der Waals surface area contributed by atoms with Crippen LogP contribution in [0.15, 0.2) is 18.2 Å². The van der Waals surface area contributed by atoms with E-state index in [1.807, 2.05) is 0 Å². The van der Waals surface area contributed by atoms with Crippen LogP contribution < -0.4 is 4.74 Å². The quantitative estimate of drug-likeness (QED) is 0.834. The lowest BCUT2D eigenvalue weighted by molar-refractivity contribution is -0.0699. The lowest BCUT2D eigenvalue weighted by Gasteiger charge is -2.35. The summed E-state index contributed by atoms with van der Waals surface area (Å²) in [6.07, 6.45) is 0.648. The fourth-order valence-electron chi connectivity index (χ4n) is 2.71. The third-order valence-corrected chi connectivity index (χ3v) is 3.49. The Morgan fingerprint density at radius 3 is 2.53 bits per heavy atom. The zero-order valence-corrected chi connectivity index (χ0v) is 12.5. The molecule has 1 aliphatic rings. The van der Waals surface area contributed by atoms with E-state index in [2.05, 4.69) is 50.8 Å². The van der Waals surface area contributed by atoms with Gasteiger partial charge in [-0.25, -0.2) is 0 Å². The molecule has 0 saturated carbocycles.